The molecule has 0 radical (unpaired) electrons. The van der Waals surface area contributed by atoms with Crippen LogP contribution in [0.1, 0.15) is 29.7 Å². The number of ether oxygens (including phenoxy) is 2. The molecule has 0 saturated heterocycles. The number of carbonyl (C=O) groups excluding carboxylic acids is 2. The molecule has 0 unspecified atom stereocenters. The standard InChI is InChI=1S/C26H27NO4/c1-4-30-26(21-16-10-6-11-17-21,22-18-12-7-13-19-22)25(29)31-23(24(28)27(2)3)20-14-8-5-9-15-20/h5-19,23H,4H2,1-3H3/t23-/m0/s1. The molecule has 3 aromatic carbocycles. The summed E-state index contributed by atoms with van der Waals surface area (Å²) in [6, 6.07) is 27.5. The van der Waals surface area contributed by atoms with Crippen molar-refractivity contribution in [3.63, 3.8) is 0 Å². The van der Waals surface area contributed by atoms with Crippen molar-refractivity contribution in [3.8, 4) is 0 Å². The molecule has 0 bridgehead atoms. The lowest BCUT2D eigenvalue weighted by molar-refractivity contribution is -0.179. The number of hydrogen-bond donors (Lipinski definition) is 0. The maximum atomic E-state index is 13.8. The minimum atomic E-state index is -1.50. The number of hydrogen-bond acceptors (Lipinski definition) is 4. The summed E-state index contributed by atoms with van der Waals surface area (Å²) >= 11 is 0. The van der Waals surface area contributed by atoms with Crippen LogP contribution in [-0.2, 0) is 24.7 Å². The van der Waals surface area contributed by atoms with Gasteiger partial charge in [-0.2, -0.15) is 0 Å². The lowest BCUT2D eigenvalue weighted by atomic mass is 9.85. The van der Waals surface area contributed by atoms with E-state index in [1.807, 2.05) is 85.8 Å². The van der Waals surface area contributed by atoms with Gasteiger partial charge in [-0.15, -0.1) is 0 Å². The zero-order valence-electron chi connectivity index (χ0n) is 18.0. The first-order valence-electron chi connectivity index (χ1n) is 10.2. The number of carbonyl (C=O) groups is 2. The number of benzene rings is 3. The summed E-state index contributed by atoms with van der Waals surface area (Å²) in [4.78, 5) is 28.2. The summed E-state index contributed by atoms with van der Waals surface area (Å²) < 4.78 is 12.1. The Morgan fingerprint density at radius 1 is 0.806 bits per heavy atom. The first kappa shape index (κ1) is 22.2. The number of esters is 1. The first-order valence-corrected chi connectivity index (χ1v) is 10.2. The van der Waals surface area contributed by atoms with Gasteiger partial charge in [-0.25, -0.2) is 4.79 Å². The van der Waals surface area contributed by atoms with Gasteiger partial charge in [0.2, 0.25) is 11.7 Å². The van der Waals surface area contributed by atoms with Crippen LogP contribution in [0.15, 0.2) is 91.0 Å². The highest BCUT2D eigenvalue weighted by molar-refractivity contribution is 5.90. The lowest BCUT2D eigenvalue weighted by Crippen LogP contribution is -2.43. The highest BCUT2D eigenvalue weighted by Gasteiger charge is 2.46. The fraction of sp³-hybridized carbons (Fsp3) is 0.231. The molecule has 0 aliphatic carbocycles. The fourth-order valence-electron chi connectivity index (χ4n) is 3.50. The van der Waals surface area contributed by atoms with Crippen LogP contribution in [-0.4, -0.2) is 37.5 Å². The average molecular weight is 418 g/mol. The molecule has 1 atom stereocenters. The SMILES string of the molecule is CCOC(C(=O)O[C@H](C(=O)N(C)C)c1ccccc1)(c1ccccc1)c1ccccc1. The lowest BCUT2D eigenvalue weighted by Gasteiger charge is -2.34. The van der Waals surface area contributed by atoms with E-state index in [0.29, 0.717) is 16.7 Å². The highest BCUT2D eigenvalue weighted by Crippen LogP contribution is 2.37. The molecule has 0 N–H and O–H groups in total. The van der Waals surface area contributed by atoms with Gasteiger partial charge in [0.05, 0.1) is 0 Å². The van der Waals surface area contributed by atoms with Gasteiger partial charge >= 0.3 is 5.97 Å². The molecule has 160 valence electrons. The first-order chi connectivity index (χ1) is 15.0. The van der Waals surface area contributed by atoms with Gasteiger partial charge in [0, 0.05) is 26.3 Å². The highest BCUT2D eigenvalue weighted by atomic mass is 16.6. The fourth-order valence-corrected chi connectivity index (χ4v) is 3.50. The molecular formula is C26H27NO4. The van der Waals surface area contributed by atoms with Gasteiger partial charge in [-0.3, -0.25) is 4.79 Å². The van der Waals surface area contributed by atoms with E-state index in [4.69, 9.17) is 9.47 Å². The quantitative estimate of drug-likeness (QED) is 0.512. The van der Waals surface area contributed by atoms with Crippen LogP contribution in [0, 0.1) is 0 Å². The van der Waals surface area contributed by atoms with E-state index >= 15 is 0 Å². The van der Waals surface area contributed by atoms with E-state index in [-0.39, 0.29) is 12.5 Å². The third-order valence-corrected chi connectivity index (χ3v) is 5.00. The normalized spacial score (nSPS) is 12.1. The molecule has 0 aliphatic rings. The van der Waals surface area contributed by atoms with Crippen molar-refractivity contribution in [3.05, 3.63) is 108 Å². The van der Waals surface area contributed by atoms with Crippen molar-refractivity contribution in [2.45, 2.75) is 18.6 Å². The van der Waals surface area contributed by atoms with Gasteiger partial charge in [-0.1, -0.05) is 91.0 Å². The Balaban J connectivity index is 2.12. The molecule has 3 aromatic rings. The second-order valence-electron chi connectivity index (χ2n) is 7.27. The van der Waals surface area contributed by atoms with E-state index in [1.54, 1.807) is 26.2 Å². The number of rotatable bonds is 8. The molecule has 0 spiro atoms. The van der Waals surface area contributed by atoms with Crippen LogP contribution < -0.4 is 0 Å². The summed E-state index contributed by atoms with van der Waals surface area (Å²) in [5.74, 6) is -0.970. The van der Waals surface area contributed by atoms with Crippen LogP contribution in [0.4, 0.5) is 0 Å². The minimum absolute atomic E-state index is 0.274. The van der Waals surface area contributed by atoms with E-state index < -0.39 is 17.7 Å². The molecule has 0 fully saturated rings. The largest absolute Gasteiger partial charge is 0.445 e. The third-order valence-electron chi connectivity index (χ3n) is 5.00. The van der Waals surface area contributed by atoms with Gasteiger partial charge in [-0.05, 0) is 18.1 Å². The zero-order chi connectivity index (χ0) is 22.3. The van der Waals surface area contributed by atoms with Crippen LogP contribution in [0.25, 0.3) is 0 Å². The van der Waals surface area contributed by atoms with Crippen molar-refractivity contribution < 1.29 is 19.1 Å². The Kier molecular flexibility index (Phi) is 7.21. The summed E-state index contributed by atoms with van der Waals surface area (Å²) in [7, 11) is 3.27. The maximum Gasteiger partial charge on any atom is 0.349 e. The second-order valence-corrected chi connectivity index (χ2v) is 7.27. The molecule has 1 amide bonds. The van der Waals surface area contributed by atoms with Gasteiger partial charge in [0.15, 0.2) is 0 Å². The van der Waals surface area contributed by atoms with E-state index in [1.165, 1.54) is 4.90 Å². The predicted octanol–water partition coefficient (Wildman–Crippen LogP) is 4.34. The smallest absolute Gasteiger partial charge is 0.349 e. The van der Waals surface area contributed by atoms with Crippen molar-refractivity contribution in [1.29, 1.82) is 0 Å². The van der Waals surface area contributed by atoms with Crippen molar-refractivity contribution in [2.24, 2.45) is 0 Å². The van der Waals surface area contributed by atoms with Gasteiger partial charge in [0.1, 0.15) is 0 Å². The van der Waals surface area contributed by atoms with Gasteiger partial charge in [0.25, 0.3) is 5.91 Å². The number of likely N-dealkylation sites (N-methyl/N-ethyl adjacent to an activating group) is 1. The summed E-state index contributed by atoms with van der Waals surface area (Å²) in [6.45, 7) is 2.10. The Hall–Kier alpha value is -3.44. The van der Waals surface area contributed by atoms with Gasteiger partial charge < -0.3 is 14.4 Å². The maximum absolute atomic E-state index is 13.8. The Bertz CT molecular complexity index is 948. The molecule has 5 heteroatoms. The Morgan fingerprint density at radius 2 is 1.26 bits per heavy atom. The summed E-state index contributed by atoms with van der Waals surface area (Å²) in [6.07, 6.45) is -1.09. The van der Waals surface area contributed by atoms with Crippen LogP contribution in [0.3, 0.4) is 0 Å². The average Bonchev–Trinajstić information content (AvgIpc) is 2.82. The molecule has 0 heterocycles. The van der Waals surface area contributed by atoms with E-state index in [9.17, 15) is 9.59 Å². The van der Waals surface area contributed by atoms with Crippen LogP contribution in [0.2, 0.25) is 0 Å². The molecule has 0 aromatic heterocycles. The summed E-state index contributed by atoms with van der Waals surface area (Å²) in [5, 5.41) is 0. The summed E-state index contributed by atoms with van der Waals surface area (Å²) in [5.41, 5.74) is 0.368. The molecule has 5 nitrogen and oxygen atoms in total. The predicted molar refractivity (Wildman–Crippen MR) is 119 cm³/mol. The molecular weight excluding hydrogens is 390 g/mol. The minimum Gasteiger partial charge on any atom is -0.445 e. The molecule has 31 heavy (non-hydrogen) atoms. The molecule has 0 aliphatic heterocycles. The second kappa shape index (κ2) is 10.0. The molecule has 0 saturated carbocycles. The van der Waals surface area contributed by atoms with Crippen LogP contribution in [0.5, 0.6) is 0 Å². The van der Waals surface area contributed by atoms with E-state index in [0.717, 1.165) is 0 Å². The Labute approximate surface area is 183 Å². The Morgan fingerprint density at radius 3 is 1.68 bits per heavy atom. The monoisotopic (exact) mass is 417 g/mol. The molecule has 3 rings (SSSR count). The number of amides is 1. The topological polar surface area (TPSA) is 55.8 Å². The van der Waals surface area contributed by atoms with E-state index in [2.05, 4.69) is 0 Å². The zero-order valence-corrected chi connectivity index (χ0v) is 18.0. The van der Waals surface area contributed by atoms with Crippen molar-refractivity contribution in [1.82, 2.24) is 4.90 Å². The van der Waals surface area contributed by atoms with Crippen molar-refractivity contribution in [2.75, 3.05) is 20.7 Å². The van der Waals surface area contributed by atoms with Crippen LogP contribution >= 0.6 is 0 Å². The van der Waals surface area contributed by atoms with Crippen molar-refractivity contribution >= 4 is 11.9 Å². The number of nitrogens with zero attached hydrogens (tertiary/aromatic N) is 1. The third kappa shape index (κ3) is 4.67.